The van der Waals surface area contributed by atoms with E-state index in [0.29, 0.717) is 5.82 Å². The van der Waals surface area contributed by atoms with Crippen LogP contribution in [0.25, 0.3) is 0 Å². The van der Waals surface area contributed by atoms with Crippen LogP contribution in [-0.4, -0.2) is 50.8 Å². The minimum absolute atomic E-state index is 0.0922. The van der Waals surface area contributed by atoms with Crippen molar-refractivity contribution in [1.29, 1.82) is 0 Å². The zero-order valence-electron chi connectivity index (χ0n) is 9.67. The number of carboxylic acids is 1. The summed E-state index contributed by atoms with van der Waals surface area (Å²) < 4.78 is 0. The maximum atomic E-state index is 11.6. The van der Waals surface area contributed by atoms with E-state index in [-0.39, 0.29) is 19.1 Å². The van der Waals surface area contributed by atoms with Gasteiger partial charge in [-0.15, -0.1) is 0 Å². The molecule has 94 valence electrons. The van der Waals surface area contributed by atoms with Crippen LogP contribution in [0.15, 0.2) is 6.33 Å². The monoisotopic (exact) mass is 241 g/mol. The molecule has 0 aromatic carbocycles. The molecule has 0 spiro atoms. The van der Waals surface area contributed by atoms with E-state index in [1.165, 1.54) is 18.2 Å². The highest BCUT2D eigenvalue weighted by Gasteiger charge is 2.14. The van der Waals surface area contributed by atoms with E-state index >= 15 is 0 Å². The lowest BCUT2D eigenvalue weighted by Gasteiger charge is -2.17. The van der Waals surface area contributed by atoms with E-state index in [0.717, 1.165) is 0 Å². The number of nitrogens with zero attached hydrogens (tertiary/aromatic N) is 3. The van der Waals surface area contributed by atoms with Crippen molar-refractivity contribution in [3.63, 3.8) is 0 Å². The van der Waals surface area contributed by atoms with Crippen molar-refractivity contribution < 1.29 is 14.7 Å². The van der Waals surface area contributed by atoms with Gasteiger partial charge in [0.15, 0.2) is 0 Å². The van der Waals surface area contributed by atoms with Crippen LogP contribution in [0.3, 0.4) is 0 Å². The largest absolute Gasteiger partial charge is 0.481 e. The molecule has 0 aliphatic heterocycles. The van der Waals surface area contributed by atoms with Gasteiger partial charge in [0, 0.05) is 13.6 Å². The van der Waals surface area contributed by atoms with Crippen LogP contribution in [0, 0.1) is 5.92 Å². The molecule has 0 radical (unpaired) electrons. The van der Waals surface area contributed by atoms with E-state index in [1.54, 1.807) is 7.05 Å². The molecular weight excluding hydrogens is 226 g/mol. The fourth-order valence-electron chi connectivity index (χ4n) is 1.07. The van der Waals surface area contributed by atoms with E-state index in [9.17, 15) is 9.59 Å². The molecule has 1 heterocycles. The van der Waals surface area contributed by atoms with Gasteiger partial charge in [-0.3, -0.25) is 9.89 Å². The summed E-state index contributed by atoms with van der Waals surface area (Å²) in [5.41, 5.74) is 0. The summed E-state index contributed by atoms with van der Waals surface area (Å²) in [7, 11) is 1.59. The van der Waals surface area contributed by atoms with E-state index in [1.807, 2.05) is 0 Å². The molecule has 0 saturated carbocycles. The van der Waals surface area contributed by atoms with Gasteiger partial charge in [-0.05, 0) is 0 Å². The Labute approximate surface area is 98.0 Å². The van der Waals surface area contributed by atoms with E-state index in [4.69, 9.17) is 5.11 Å². The first-order valence-electron chi connectivity index (χ1n) is 5.06. The molecule has 2 amide bonds. The molecule has 0 aliphatic carbocycles. The van der Waals surface area contributed by atoms with Crippen molar-refractivity contribution in [1.82, 2.24) is 25.4 Å². The maximum absolute atomic E-state index is 11.6. The fraction of sp³-hybridized carbons (Fsp3) is 0.556. The average molecular weight is 241 g/mol. The Hall–Kier alpha value is -2.12. The molecule has 0 saturated heterocycles. The van der Waals surface area contributed by atoms with Gasteiger partial charge < -0.3 is 15.3 Å². The Kier molecular flexibility index (Phi) is 4.44. The van der Waals surface area contributed by atoms with Crippen molar-refractivity contribution in [3.8, 4) is 0 Å². The Morgan fingerprint density at radius 3 is 2.88 bits per heavy atom. The van der Waals surface area contributed by atoms with Gasteiger partial charge in [0.05, 0.1) is 12.5 Å². The number of aromatic nitrogens is 3. The summed E-state index contributed by atoms with van der Waals surface area (Å²) in [5.74, 6) is -0.991. The Morgan fingerprint density at radius 2 is 2.35 bits per heavy atom. The molecule has 1 aromatic rings. The molecule has 8 heteroatoms. The third kappa shape index (κ3) is 4.09. The first-order valence-corrected chi connectivity index (χ1v) is 5.06. The van der Waals surface area contributed by atoms with Crippen LogP contribution in [0.4, 0.5) is 4.79 Å². The Bertz CT molecular complexity index is 378. The highest BCUT2D eigenvalue weighted by atomic mass is 16.4. The number of carboxylic acid groups (broad SMARTS) is 1. The van der Waals surface area contributed by atoms with Gasteiger partial charge in [0.25, 0.3) is 0 Å². The van der Waals surface area contributed by atoms with Crippen LogP contribution in [0.1, 0.15) is 12.7 Å². The smallest absolute Gasteiger partial charge is 0.317 e. The third-order valence-electron chi connectivity index (χ3n) is 2.18. The number of amides is 2. The number of hydrogen-bond donors (Lipinski definition) is 3. The number of carbonyl (C=O) groups excluding carboxylic acids is 1. The summed E-state index contributed by atoms with van der Waals surface area (Å²) in [6.07, 6.45) is 1.35. The number of rotatable bonds is 5. The summed E-state index contributed by atoms with van der Waals surface area (Å²) >= 11 is 0. The van der Waals surface area contributed by atoms with Gasteiger partial charge >= 0.3 is 12.0 Å². The molecule has 0 aliphatic rings. The number of urea groups is 1. The highest BCUT2D eigenvalue weighted by Crippen LogP contribution is 1.96. The molecule has 1 aromatic heterocycles. The van der Waals surface area contributed by atoms with Crippen molar-refractivity contribution in [2.75, 3.05) is 13.6 Å². The van der Waals surface area contributed by atoms with Crippen molar-refractivity contribution in [3.05, 3.63) is 12.2 Å². The topological polar surface area (TPSA) is 111 Å². The second-order valence-electron chi connectivity index (χ2n) is 3.71. The lowest BCUT2D eigenvalue weighted by Crippen LogP contribution is -2.40. The zero-order chi connectivity index (χ0) is 12.8. The SMILES string of the molecule is CC(CNC(=O)N(C)Cc1ncn[nH]1)C(=O)O. The highest BCUT2D eigenvalue weighted by molar-refractivity contribution is 5.75. The van der Waals surface area contributed by atoms with Gasteiger partial charge in [-0.2, -0.15) is 5.10 Å². The number of carbonyl (C=O) groups is 2. The first-order chi connectivity index (χ1) is 8.00. The van der Waals surface area contributed by atoms with Gasteiger partial charge in [-0.1, -0.05) is 6.92 Å². The lowest BCUT2D eigenvalue weighted by atomic mass is 10.2. The molecule has 1 unspecified atom stereocenters. The van der Waals surface area contributed by atoms with E-state index < -0.39 is 11.9 Å². The summed E-state index contributed by atoms with van der Waals surface area (Å²) in [6.45, 7) is 1.90. The van der Waals surface area contributed by atoms with Gasteiger partial charge in [0.2, 0.25) is 0 Å². The summed E-state index contributed by atoms with van der Waals surface area (Å²) in [4.78, 5) is 27.4. The van der Waals surface area contributed by atoms with E-state index in [2.05, 4.69) is 20.5 Å². The van der Waals surface area contributed by atoms with Gasteiger partial charge in [-0.25, -0.2) is 9.78 Å². The predicted octanol–water partition coefficient (Wildman–Crippen LogP) is -0.333. The van der Waals surface area contributed by atoms with Crippen LogP contribution in [0.5, 0.6) is 0 Å². The molecule has 1 rings (SSSR count). The minimum atomic E-state index is -0.941. The van der Waals surface area contributed by atoms with Crippen molar-refractivity contribution in [2.45, 2.75) is 13.5 Å². The number of nitrogens with one attached hydrogen (secondary N) is 2. The quantitative estimate of drug-likeness (QED) is 0.653. The minimum Gasteiger partial charge on any atom is -0.481 e. The molecule has 1 atom stereocenters. The molecule has 3 N–H and O–H groups in total. The van der Waals surface area contributed by atoms with Crippen LogP contribution < -0.4 is 5.32 Å². The number of aromatic amines is 1. The molecule has 17 heavy (non-hydrogen) atoms. The van der Waals surface area contributed by atoms with Crippen LogP contribution in [0.2, 0.25) is 0 Å². The number of hydrogen-bond acceptors (Lipinski definition) is 4. The predicted molar refractivity (Wildman–Crippen MR) is 58.0 cm³/mol. The molecule has 0 bridgehead atoms. The fourth-order valence-corrected chi connectivity index (χ4v) is 1.07. The van der Waals surface area contributed by atoms with Crippen molar-refractivity contribution >= 4 is 12.0 Å². The van der Waals surface area contributed by atoms with Gasteiger partial charge in [0.1, 0.15) is 12.2 Å². The second kappa shape index (κ2) is 5.83. The number of H-pyrrole nitrogens is 1. The average Bonchev–Trinajstić information content (AvgIpc) is 2.77. The summed E-state index contributed by atoms with van der Waals surface area (Å²) in [5, 5.41) is 17.5. The Morgan fingerprint density at radius 1 is 1.65 bits per heavy atom. The number of aliphatic carboxylic acids is 1. The maximum Gasteiger partial charge on any atom is 0.317 e. The second-order valence-corrected chi connectivity index (χ2v) is 3.71. The normalized spacial score (nSPS) is 11.9. The molecule has 8 nitrogen and oxygen atoms in total. The summed E-state index contributed by atoms with van der Waals surface area (Å²) in [6, 6.07) is -0.352. The Balaban J connectivity index is 2.34. The first kappa shape index (κ1) is 12.9. The van der Waals surface area contributed by atoms with Crippen LogP contribution >= 0.6 is 0 Å². The van der Waals surface area contributed by atoms with Crippen LogP contribution in [-0.2, 0) is 11.3 Å². The van der Waals surface area contributed by atoms with Crippen molar-refractivity contribution in [2.24, 2.45) is 5.92 Å². The molecule has 0 fully saturated rings. The molecular formula is C9H15N5O3. The standard InChI is InChI=1S/C9H15N5O3/c1-6(8(15)16)3-10-9(17)14(2)4-7-11-5-12-13-7/h5-6H,3-4H2,1-2H3,(H,10,17)(H,15,16)(H,11,12,13). The zero-order valence-corrected chi connectivity index (χ0v) is 9.67. The third-order valence-corrected chi connectivity index (χ3v) is 2.18. The lowest BCUT2D eigenvalue weighted by molar-refractivity contribution is -0.140.